The minimum absolute atomic E-state index is 0.0951. The van der Waals surface area contributed by atoms with Gasteiger partial charge >= 0.3 is 0 Å². The Kier molecular flexibility index (Phi) is 4.36. The number of carbonyl (C=O) groups is 2. The van der Waals surface area contributed by atoms with Crippen LogP contribution in [0.2, 0.25) is 0 Å². The second-order valence-corrected chi connectivity index (χ2v) is 8.05. The highest BCUT2D eigenvalue weighted by atomic mass is 16.5. The highest BCUT2D eigenvalue weighted by Crippen LogP contribution is 2.55. The van der Waals surface area contributed by atoms with Gasteiger partial charge in [-0.05, 0) is 42.7 Å². The van der Waals surface area contributed by atoms with E-state index >= 15 is 0 Å². The van der Waals surface area contributed by atoms with Crippen LogP contribution < -0.4 is 10.1 Å². The minimum atomic E-state index is -0.887. The van der Waals surface area contributed by atoms with Crippen LogP contribution in [0, 0.1) is 13.8 Å². The molecule has 2 atom stereocenters. The number of benzene rings is 2. The van der Waals surface area contributed by atoms with Crippen LogP contribution in [-0.2, 0) is 10.2 Å². The zero-order chi connectivity index (χ0) is 21.8. The summed E-state index contributed by atoms with van der Waals surface area (Å²) in [7, 11) is 1.60. The monoisotopic (exact) mass is 417 g/mol. The van der Waals surface area contributed by atoms with Crippen molar-refractivity contribution in [2.75, 3.05) is 19.0 Å². The van der Waals surface area contributed by atoms with Gasteiger partial charge in [-0.1, -0.05) is 30.3 Å². The number of hydrogen-bond donors (Lipinski definition) is 1. The number of aryl methyl sites for hydroxylation is 2. The van der Waals surface area contributed by atoms with Crippen molar-refractivity contribution in [2.24, 2.45) is 0 Å². The molecule has 3 heterocycles. The molecule has 0 unspecified atom stereocenters. The minimum Gasteiger partial charge on any atom is -0.497 e. The second-order valence-electron chi connectivity index (χ2n) is 8.05. The van der Waals surface area contributed by atoms with Crippen LogP contribution in [0.5, 0.6) is 5.75 Å². The Hall–Kier alpha value is -3.61. The SMILES string of the molecule is COc1cccc([C@@H]2N(C(=O)c3oc(C)nc3C)CC[C@]23C(=O)Nc2ccccc23)c1. The smallest absolute Gasteiger partial charge is 0.292 e. The maximum Gasteiger partial charge on any atom is 0.292 e. The highest BCUT2D eigenvalue weighted by Gasteiger charge is 2.59. The number of amides is 2. The van der Waals surface area contributed by atoms with Crippen LogP contribution in [-0.4, -0.2) is 35.4 Å². The van der Waals surface area contributed by atoms with E-state index in [1.165, 1.54) is 0 Å². The molecule has 158 valence electrons. The van der Waals surface area contributed by atoms with Gasteiger partial charge < -0.3 is 19.4 Å². The van der Waals surface area contributed by atoms with E-state index in [0.717, 1.165) is 16.8 Å². The Bertz CT molecular complexity index is 1200. The van der Waals surface area contributed by atoms with Gasteiger partial charge in [0.2, 0.25) is 11.7 Å². The fraction of sp³-hybridized carbons (Fsp3) is 0.292. The summed E-state index contributed by atoms with van der Waals surface area (Å²) in [6, 6.07) is 14.8. The maximum absolute atomic E-state index is 13.6. The first kappa shape index (κ1) is 19.4. The van der Waals surface area contributed by atoms with Crippen LogP contribution in [0.4, 0.5) is 5.69 Å². The molecule has 1 aromatic heterocycles. The van der Waals surface area contributed by atoms with E-state index in [1.54, 1.807) is 25.9 Å². The van der Waals surface area contributed by atoms with Gasteiger partial charge in [0.25, 0.3) is 5.91 Å². The number of rotatable bonds is 3. The molecule has 5 rings (SSSR count). The third kappa shape index (κ3) is 2.76. The Morgan fingerprint density at radius 2 is 2.03 bits per heavy atom. The summed E-state index contributed by atoms with van der Waals surface area (Å²) >= 11 is 0. The molecule has 2 amide bonds. The summed E-state index contributed by atoms with van der Waals surface area (Å²) in [5, 5.41) is 3.03. The first-order valence-corrected chi connectivity index (χ1v) is 10.3. The van der Waals surface area contributed by atoms with Crippen LogP contribution in [0.1, 0.15) is 45.7 Å². The van der Waals surface area contributed by atoms with Crippen molar-refractivity contribution in [1.82, 2.24) is 9.88 Å². The van der Waals surface area contributed by atoms with E-state index in [-0.39, 0.29) is 17.6 Å². The number of nitrogens with one attached hydrogen (secondary N) is 1. The Labute approximate surface area is 180 Å². The third-order valence-electron chi connectivity index (χ3n) is 6.35. The van der Waals surface area contributed by atoms with Gasteiger partial charge in [0.05, 0.1) is 18.8 Å². The lowest BCUT2D eigenvalue weighted by Crippen LogP contribution is -2.42. The first-order valence-electron chi connectivity index (χ1n) is 10.3. The lowest BCUT2D eigenvalue weighted by molar-refractivity contribution is -0.121. The Morgan fingerprint density at radius 1 is 1.23 bits per heavy atom. The molecule has 2 aromatic carbocycles. The van der Waals surface area contributed by atoms with Crippen LogP contribution in [0.15, 0.2) is 52.9 Å². The molecule has 1 spiro atoms. The van der Waals surface area contributed by atoms with Gasteiger partial charge in [0.1, 0.15) is 11.2 Å². The average molecular weight is 417 g/mol. The molecule has 0 bridgehead atoms. The van der Waals surface area contributed by atoms with Crippen molar-refractivity contribution in [2.45, 2.75) is 31.7 Å². The van der Waals surface area contributed by atoms with E-state index < -0.39 is 11.5 Å². The largest absolute Gasteiger partial charge is 0.497 e. The van der Waals surface area contributed by atoms with E-state index in [4.69, 9.17) is 9.15 Å². The van der Waals surface area contributed by atoms with Gasteiger partial charge in [-0.25, -0.2) is 4.98 Å². The van der Waals surface area contributed by atoms with Crippen molar-refractivity contribution >= 4 is 17.5 Å². The van der Waals surface area contributed by atoms with Gasteiger partial charge in [-0.2, -0.15) is 0 Å². The summed E-state index contributed by atoms with van der Waals surface area (Å²) in [4.78, 5) is 33.1. The number of ether oxygens (including phenoxy) is 1. The predicted octanol–water partition coefficient (Wildman–Crippen LogP) is 3.78. The number of methoxy groups -OCH3 is 1. The van der Waals surface area contributed by atoms with Crippen molar-refractivity contribution < 1.29 is 18.7 Å². The lowest BCUT2D eigenvalue weighted by atomic mass is 9.72. The molecule has 2 aliphatic heterocycles. The van der Waals surface area contributed by atoms with E-state index in [0.29, 0.717) is 30.3 Å². The molecule has 1 N–H and O–H groups in total. The molecular formula is C24H23N3O4. The normalized spacial score (nSPS) is 22.0. The molecular weight excluding hydrogens is 394 g/mol. The topological polar surface area (TPSA) is 84.7 Å². The number of para-hydroxylation sites is 1. The van der Waals surface area contributed by atoms with E-state index in [1.807, 2.05) is 48.5 Å². The van der Waals surface area contributed by atoms with Gasteiger partial charge in [0.15, 0.2) is 5.89 Å². The fourth-order valence-corrected chi connectivity index (χ4v) is 5.04. The van der Waals surface area contributed by atoms with Crippen molar-refractivity contribution in [3.63, 3.8) is 0 Å². The lowest BCUT2D eigenvalue weighted by Gasteiger charge is -2.34. The van der Waals surface area contributed by atoms with Gasteiger partial charge in [-0.15, -0.1) is 0 Å². The molecule has 0 radical (unpaired) electrons. The van der Waals surface area contributed by atoms with Crippen LogP contribution in [0.3, 0.4) is 0 Å². The first-order chi connectivity index (χ1) is 15.0. The number of fused-ring (bicyclic) bond motifs is 2. The Balaban J connectivity index is 1.69. The Morgan fingerprint density at radius 3 is 2.77 bits per heavy atom. The average Bonchev–Trinajstić information content (AvgIpc) is 3.42. The quantitative estimate of drug-likeness (QED) is 0.701. The number of likely N-dealkylation sites (tertiary alicyclic amines) is 1. The molecule has 0 saturated carbocycles. The molecule has 1 fully saturated rings. The van der Waals surface area contributed by atoms with Crippen molar-refractivity contribution in [3.05, 3.63) is 77.0 Å². The van der Waals surface area contributed by atoms with Crippen LogP contribution >= 0.6 is 0 Å². The molecule has 1 saturated heterocycles. The van der Waals surface area contributed by atoms with Crippen molar-refractivity contribution in [3.8, 4) is 5.75 Å². The molecule has 2 aliphatic rings. The summed E-state index contributed by atoms with van der Waals surface area (Å²) in [5.41, 5.74) is 2.20. The summed E-state index contributed by atoms with van der Waals surface area (Å²) in [5.74, 6) is 0.971. The van der Waals surface area contributed by atoms with Gasteiger partial charge in [-0.3, -0.25) is 9.59 Å². The number of anilines is 1. The number of hydrogen-bond acceptors (Lipinski definition) is 5. The zero-order valence-corrected chi connectivity index (χ0v) is 17.6. The van der Waals surface area contributed by atoms with E-state index in [2.05, 4.69) is 10.3 Å². The maximum atomic E-state index is 13.6. The third-order valence-corrected chi connectivity index (χ3v) is 6.35. The summed E-state index contributed by atoms with van der Waals surface area (Å²) < 4.78 is 11.1. The van der Waals surface area contributed by atoms with E-state index in [9.17, 15) is 9.59 Å². The number of carbonyl (C=O) groups excluding carboxylic acids is 2. The summed E-state index contributed by atoms with van der Waals surface area (Å²) in [6.45, 7) is 3.89. The number of nitrogens with zero attached hydrogens (tertiary/aromatic N) is 2. The van der Waals surface area contributed by atoms with Crippen molar-refractivity contribution in [1.29, 1.82) is 0 Å². The molecule has 31 heavy (non-hydrogen) atoms. The van der Waals surface area contributed by atoms with Crippen LogP contribution in [0.25, 0.3) is 0 Å². The predicted molar refractivity (Wildman–Crippen MR) is 114 cm³/mol. The highest BCUT2D eigenvalue weighted by molar-refractivity contribution is 6.08. The molecule has 0 aliphatic carbocycles. The molecule has 7 nitrogen and oxygen atoms in total. The second kappa shape index (κ2) is 6.97. The van der Waals surface area contributed by atoms with Gasteiger partial charge in [0, 0.05) is 19.2 Å². The zero-order valence-electron chi connectivity index (χ0n) is 17.6. The summed E-state index contributed by atoms with van der Waals surface area (Å²) in [6.07, 6.45) is 0.510. The standard InChI is InChI=1S/C24H23N3O4/c1-14-20(31-15(2)25-14)22(28)27-12-11-24(18-9-4-5-10-19(18)26-23(24)29)21(27)16-7-6-8-17(13-16)30-3/h4-10,13,21H,11-12H2,1-3H3,(H,26,29)/t21-,24+/m0/s1. The number of aromatic nitrogens is 1. The number of oxazole rings is 1. The fourth-order valence-electron chi connectivity index (χ4n) is 5.04. The molecule has 3 aromatic rings. The molecule has 7 heteroatoms.